The van der Waals surface area contributed by atoms with Crippen molar-refractivity contribution >= 4 is 0 Å². The highest BCUT2D eigenvalue weighted by Gasteiger charge is 1.85. The molecule has 0 heterocycles. The second kappa shape index (κ2) is 3.71. The Labute approximate surface area is 52.6 Å². The Kier molecular flexibility index (Phi) is 3.59. The van der Waals surface area contributed by atoms with E-state index in [0.717, 1.165) is 0 Å². The van der Waals surface area contributed by atoms with E-state index in [9.17, 15) is 0 Å². The van der Waals surface area contributed by atoms with Gasteiger partial charge in [-0.25, -0.2) is 0 Å². The van der Waals surface area contributed by atoms with Gasteiger partial charge in [0.25, 0.3) is 0 Å². The van der Waals surface area contributed by atoms with E-state index in [0.29, 0.717) is 11.8 Å². The Balaban J connectivity index is 3.34. The maximum atomic E-state index is 3.82. The normalized spacial score (nSPS) is 12.2. The summed E-state index contributed by atoms with van der Waals surface area (Å²) in [5.74, 6) is 1.12. The van der Waals surface area contributed by atoms with Gasteiger partial charge < -0.3 is 0 Å². The number of hydrogen-bond acceptors (Lipinski definition) is 0. The molecule has 0 aromatic heterocycles. The van der Waals surface area contributed by atoms with Crippen LogP contribution in [0.4, 0.5) is 0 Å². The van der Waals surface area contributed by atoms with E-state index >= 15 is 0 Å². The molecule has 0 bridgehead atoms. The molecule has 0 aromatic carbocycles. The summed E-state index contributed by atoms with van der Waals surface area (Å²) in [6.45, 7) is 10.2. The van der Waals surface area contributed by atoms with E-state index in [4.69, 9.17) is 0 Å². The van der Waals surface area contributed by atoms with E-state index < -0.39 is 0 Å². The summed E-state index contributed by atoms with van der Waals surface area (Å²) in [4.78, 5) is 0. The molecule has 0 N–H and O–H groups in total. The highest BCUT2D eigenvalue weighted by atomic mass is 13.9. The molecule has 1 radical (unpaired) electrons. The summed E-state index contributed by atoms with van der Waals surface area (Å²) in [7, 11) is 0. The van der Waals surface area contributed by atoms with E-state index in [1.807, 2.05) is 0 Å². The van der Waals surface area contributed by atoms with Crippen LogP contribution in [0.2, 0.25) is 0 Å². The molecule has 0 nitrogen and oxygen atoms in total. The van der Waals surface area contributed by atoms with Crippen LogP contribution in [0.5, 0.6) is 0 Å². The first kappa shape index (κ1) is 7.74. The predicted octanol–water partition coefficient (Wildman–Crippen LogP) is 2.67. The van der Waals surface area contributed by atoms with Gasteiger partial charge in [-0.3, -0.25) is 0 Å². The first-order chi connectivity index (χ1) is 3.63. The molecule has 8 heavy (non-hydrogen) atoms. The lowest BCUT2D eigenvalue weighted by Crippen LogP contribution is -1.82. The van der Waals surface area contributed by atoms with Gasteiger partial charge in [0.15, 0.2) is 0 Å². The summed E-state index contributed by atoms with van der Waals surface area (Å²) in [6.07, 6.45) is 4.31. The average Bonchev–Trinajstić information content (AvgIpc) is 1.61. The highest BCUT2D eigenvalue weighted by molar-refractivity contribution is 4.89. The summed E-state index contributed by atoms with van der Waals surface area (Å²) >= 11 is 0. The van der Waals surface area contributed by atoms with E-state index in [-0.39, 0.29) is 0 Å². The Hall–Kier alpha value is -0.260. The second-order valence-corrected chi connectivity index (χ2v) is 2.61. The van der Waals surface area contributed by atoms with Crippen molar-refractivity contribution in [3.05, 3.63) is 19.1 Å². The predicted molar refractivity (Wildman–Crippen MR) is 38.5 cm³/mol. The third-order valence-corrected chi connectivity index (χ3v) is 0.825. The first-order valence-corrected chi connectivity index (χ1v) is 3.14. The van der Waals surface area contributed by atoms with Crippen LogP contribution in [-0.2, 0) is 0 Å². The Morgan fingerprint density at radius 3 is 1.75 bits per heavy atom. The Morgan fingerprint density at radius 1 is 1.12 bits per heavy atom. The van der Waals surface area contributed by atoms with Gasteiger partial charge in [0.05, 0.1) is 0 Å². The number of allylic oxidation sites excluding steroid dienone is 2. The van der Waals surface area contributed by atoms with Gasteiger partial charge in [-0.05, 0) is 18.8 Å². The molecule has 0 amide bonds. The first-order valence-electron chi connectivity index (χ1n) is 3.14. The third kappa shape index (κ3) is 5.74. The van der Waals surface area contributed by atoms with Gasteiger partial charge in [-0.1, -0.05) is 32.9 Å². The zero-order chi connectivity index (χ0) is 6.57. The fourth-order valence-corrected chi connectivity index (χ4v) is 0.412. The van der Waals surface area contributed by atoms with Crippen molar-refractivity contribution in [3.8, 4) is 0 Å². The van der Waals surface area contributed by atoms with Gasteiger partial charge in [0.1, 0.15) is 0 Å². The van der Waals surface area contributed by atoms with Crippen molar-refractivity contribution < 1.29 is 0 Å². The summed E-state index contributed by atoms with van der Waals surface area (Å²) in [5, 5.41) is 0. The van der Waals surface area contributed by atoms with Crippen LogP contribution < -0.4 is 0 Å². The fraction of sp³-hybridized carbons (Fsp3) is 0.625. The minimum absolute atomic E-state index is 0.456. The fourth-order valence-electron chi connectivity index (χ4n) is 0.412. The van der Waals surface area contributed by atoms with Crippen LogP contribution in [0.1, 0.15) is 20.8 Å². The molecule has 47 valence electrons. The molecule has 0 fully saturated rings. The minimum atomic E-state index is 0.456. The molecule has 0 heteroatoms. The Morgan fingerprint density at radius 2 is 1.62 bits per heavy atom. The van der Waals surface area contributed by atoms with Crippen molar-refractivity contribution in [2.45, 2.75) is 20.8 Å². The summed E-state index contributed by atoms with van der Waals surface area (Å²) in [5.41, 5.74) is 0. The quantitative estimate of drug-likeness (QED) is 0.480. The largest absolute Gasteiger partial charge is 0.0857 e. The zero-order valence-corrected chi connectivity index (χ0v) is 6.02. The molecule has 0 saturated carbocycles. The summed E-state index contributed by atoms with van der Waals surface area (Å²) in [6, 6.07) is 0. The maximum Gasteiger partial charge on any atom is -0.0262 e. The SMILES string of the molecule is [CH2]C(C)/C=C/C(C)C. The average molecular weight is 111 g/mol. The molecule has 0 rings (SSSR count). The van der Waals surface area contributed by atoms with Crippen molar-refractivity contribution in [1.29, 1.82) is 0 Å². The smallest absolute Gasteiger partial charge is 0.0262 e. The molecule has 0 saturated heterocycles. The van der Waals surface area contributed by atoms with E-state index in [2.05, 4.69) is 39.8 Å². The van der Waals surface area contributed by atoms with Crippen molar-refractivity contribution in [1.82, 2.24) is 0 Å². The van der Waals surface area contributed by atoms with Gasteiger partial charge in [-0.15, -0.1) is 0 Å². The van der Waals surface area contributed by atoms with Crippen LogP contribution >= 0.6 is 0 Å². The van der Waals surface area contributed by atoms with E-state index in [1.165, 1.54) is 0 Å². The molecular weight excluding hydrogens is 96.1 g/mol. The molecule has 1 atom stereocenters. The molecule has 1 unspecified atom stereocenters. The standard InChI is InChI=1S/C8H15/c1-7(2)5-6-8(3)4/h5-8H,1H2,2-4H3/b6-5+. The summed E-state index contributed by atoms with van der Waals surface area (Å²) < 4.78 is 0. The van der Waals surface area contributed by atoms with Crippen LogP contribution in [0.3, 0.4) is 0 Å². The molecule has 0 aliphatic rings. The van der Waals surface area contributed by atoms with E-state index in [1.54, 1.807) is 0 Å². The van der Waals surface area contributed by atoms with Gasteiger partial charge in [-0.2, -0.15) is 0 Å². The molecule has 0 spiro atoms. The number of rotatable bonds is 2. The van der Waals surface area contributed by atoms with Crippen molar-refractivity contribution in [2.75, 3.05) is 0 Å². The Bertz CT molecular complexity index is 58.1. The molecule has 0 aromatic rings. The highest BCUT2D eigenvalue weighted by Crippen LogP contribution is 1.98. The second-order valence-electron chi connectivity index (χ2n) is 2.61. The third-order valence-electron chi connectivity index (χ3n) is 0.825. The topological polar surface area (TPSA) is 0 Å². The van der Waals surface area contributed by atoms with Gasteiger partial charge >= 0.3 is 0 Å². The maximum absolute atomic E-state index is 3.82. The van der Waals surface area contributed by atoms with Gasteiger partial charge in [0, 0.05) is 0 Å². The van der Waals surface area contributed by atoms with Crippen LogP contribution in [0.25, 0.3) is 0 Å². The van der Waals surface area contributed by atoms with Crippen molar-refractivity contribution in [3.63, 3.8) is 0 Å². The lowest BCUT2D eigenvalue weighted by Gasteiger charge is -1.95. The monoisotopic (exact) mass is 111 g/mol. The van der Waals surface area contributed by atoms with Gasteiger partial charge in [0.2, 0.25) is 0 Å². The number of hydrogen-bond donors (Lipinski definition) is 0. The molecule has 0 aliphatic carbocycles. The lowest BCUT2D eigenvalue weighted by molar-refractivity contribution is 0.809. The van der Waals surface area contributed by atoms with Crippen LogP contribution in [0.15, 0.2) is 12.2 Å². The van der Waals surface area contributed by atoms with Crippen LogP contribution in [0, 0.1) is 18.8 Å². The minimum Gasteiger partial charge on any atom is -0.0857 e. The zero-order valence-electron chi connectivity index (χ0n) is 6.02. The lowest BCUT2D eigenvalue weighted by atomic mass is 10.1. The molecular formula is C8H15. The molecule has 0 aliphatic heterocycles. The van der Waals surface area contributed by atoms with Crippen LogP contribution in [-0.4, -0.2) is 0 Å². The van der Waals surface area contributed by atoms with Crippen molar-refractivity contribution in [2.24, 2.45) is 11.8 Å².